The van der Waals surface area contributed by atoms with Crippen molar-refractivity contribution >= 4 is 0 Å². The van der Waals surface area contributed by atoms with E-state index in [1.807, 2.05) is 0 Å². The molecule has 0 spiro atoms. The average molecular weight is 290 g/mol. The molecular formula is C18H30N2O. The standard InChI is InChI=1S/C18H30N2O/c1-16(6-5-15-21)19-18-10-13-20(14-11-18)12-9-17-7-3-2-4-8-17/h2-4,7-8,16,18-19,21H,5-6,9-15H2,1H3. The van der Waals surface area contributed by atoms with Crippen molar-refractivity contribution in [3.63, 3.8) is 0 Å². The Bertz CT molecular complexity index is 374. The van der Waals surface area contributed by atoms with E-state index in [9.17, 15) is 0 Å². The van der Waals surface area contributed by atoms with Crippen LogP contribution in [0, 0.1) is 0 Å². The lowest BCUT2D eigenvalue weighted by atomic mass is 10.0. The van der Waals surface area contributed by atoms with Crippen molar-refractivity contribution in [3.05, 3.63) is 35.9 Å². The van der Waals surface area contributed by atoms with Crippen molar-refractivity contribution in [2.45, 2.75) is 51.1 Å². The van der Waals surface area contributed by atoms with Crippen LogP contribution in [0.3, 0.4) is 0 Å². The monoisotopic (exact) mass is 290 g/mol. The minimum Gasteiger partial charge on any atom is -0.396 e. The summed E-state index contributed by atoms with van der Waals surface area (Å²) in [7, 11) is 0. The second-order valence-electron chi connectivity index (χ2n) is 6.29. The Morgan fingerprint density at radius 3 is 2.62 bits per heavy atom. The predicted octanol–water partition coefficient (Wildman–Crippen LogP) is 2.44. The minimum absolute atomic E-state index is 0.309. The van der Waals surface area contributed by atoms with Crippen LogP contribution >= 0.6 is 0 Å². The van der Waals surface area contributed by atoms with Gasteiger partial charge in [0.25, 0.3) is 0 Å². The molecule has 2 N–H and O–H groups in total. The molecule has 0 radical (unpaired) electrons. The van der Waals surface area contributed by atoms with Crippen LogP contribution in [0.2, 0.25) is 0 Å². The van der Waals surface area contributed by atoms with E-state index < -0.39 is 0 Å². The number of nitrogens with zero attached hydrogens (tertiary/aromatic N) is 1. The third-order valence-electron chi connectivity index (χ3n) is 4.46. The van der Waals surface area contributed by atoms with Gasteiger partial charge in [-0.05, 0) is 57.7 Å². The topological polar surface area (TPSA) is 35.5 Å². The predicted molar refractivity (Wildman–Crippen MR) is 88.5 cm³/mol. The maximum atomic E-state index is 8.87. The Morgan fingerprint density at radius 2 is 1.95 bits per heavy atom. The Kier molecular flexibility index (Phi) is 7.20. The van der Waals surface area contributed by atoms with Crippen LogP contribution in [0.5, 0.6) is 0 Å². The Labute approximate surface area is 129 Å². The molecule has 1 aromatic rings. The molecule has 1 heterocycles. The number of hydrogen-bond donors (Lipinski definition) is 2. The SMILES string of the molecule is CC(CCCO)NC1CCN(CCc2ccccc2)CC1. The molecule has 3 heteroatoms. The van der Waals surface area contributed by atoms with Gasteiger partial charge >= 0.3 is 0 Å². The van der Waals surface area contributed by atoms with Gasteiger partial charge in [0.15, 0.2) is 0 Å². The summed E-state index contributed by atoms with van der Waals surface area (Å²) in [6.45, 7) is 6.13. The molecule has 0 amide bonds. The highest BCUT2D eigenvalue weighted by Gasteiger charge is 2.19. The van der Waals surface area contributed by atoms with E-state index in [0.29, 0.717) is 18.7 Å². The van der Waals surface area contributed by atoms with Crippen molar-refractivity contribution in [1.29, 1.82) is 0 Å². The van der Waals surface area contributed by atoms with Gasteiger partial charge in [0.05, 0.1) is 0 Å². The van der Waals surface area contributed by atoms with E-state index in [2.05, 4.69) is 47.5 Å². The Balaban J connectivity index is 1.62. The number of benzene rings is 1. The molecule has 1 aromatic carbocycles. The van der Waals surface area contributed by atoms with Crippen LogP contribution in [-0.4, -0.2) is 48.3 Å². The average Bonchev–Trinajstić information content (AvgIpc) is 2.53. The number of aliphatic hydroxyl groups is 1. The van der Waals surface area contributed by atoms with Gasteiger partial charge < -0.3 is 15.3 Å². The summed E-state index contributed by atoms with van der Waals surface area (Å²) < 4.78 is 0. The molecule has 0 aliphatic carbocycles. The van der Waals surface area contributed by atoms with E-state index in [4.69, 9.17) is 5.11 Å². The Hall–Kier alpha value is -0.900. The van der Waals surface area contributed by atoms with Gasteiger partial charge in [0.2, 0.25) is 0 Å². The molecule has 1 aliphatic rings. The Morgan fingerprint density at radius 1 is 1.24 bits per heavy atom. The third kappa shape index (κ3) is 6.16. The summed E-state index contributed by atoms with van der Waals surface area (Å²) in [5, 5.41) is 12.6. The van der Waals surface area contributed by atoms with E-state index in [1.165, 1.54) is 38.0 Å². The number of likely N-dealkylation sites (tertiary alicyclic amines) is 1. The third-order valence-corrected chi connectivity index (χ3v) is 4.46. The largest absolute Gasteiger partial charge is 0.396 e. The maximum absolute atomic E-state index is 8.87. The van der Waals surface area contributed by atoms with Gasteiger partial charge in [-0.2, -0.15) is 0 Å². The highest BCUT2D eigenvalue weighted by Crippen LogP contribution is 2.13. The number of piperidine rings is 1. The zero-order valence-corrected chi connectivity index (χ0v) is 13.3. The molecule has 0 aromatic heterocycles. The summed E-state index contributed by atoms with van der Waals surface area (Å²) in [5.74, 6) is 0. The maximum Gasteiger partial charge on any atom is 0.0431 e. The highest BCUT2D eigenvalue weighted by molar-refractivity contribution is 5.14. The second kappa shape index (κ2) is 9.19. The number of aliphatic hydroxyl groups excluding tert-OH is 1. The van der Waals surface area contributed by atoms with E-state index in [-0.39, 0.29) is 0 Å². The molecule has 1 unspecified atom stereocenters. The first-order valence-corrected chi connectivity index (χ1v) is 8.41. The van der Waals surface area contributed by atoms with Crippen LogP contribution in [0.4, 0.5) is 0 Å². The highest BCUT2D eigenvalue weighted by atomic mass is 16.2. The molecule has 1 fully saturated rings. The lowest BCUT2D eigenvalue weighted by molar-refractivity contribution is 0.190. The van der Waals surface area contributed by atoms with Crippen LogP contribution in [0.15, 0.2) is 30.3 Å². The van der Waals surface area contributed by atoms with Gasteiger partial charge in [-0.25, -0.2) is 0 Å². The van der Waals surface area contributed by atoms with Gasteiger partial charge in [0.1, 0.15) is 0 Å². The lowest BCUT2D eigenvalue weighted by Crippen LogP contribution is -2.45. The normalized spacial score (nSPS) is 18.8. The van der Waals surface area contributed by atoms with Crippen molar-refractivity contribution in [1.82, 2.24) is 10.2 Å². The van der Waals surface area contributed by atoms with Crippen LogP contribution < -0.4 is 5.32 Å². The zero-order chi connectivity index (χ0) is 14.9. The molecule has 1 atom stereocenters. The zero-order valence-electron chi connectivity index (χ0n) is 13.3. The quantitative estimate of drug-likeness (QED) is 0.772. The van der Waals surface area contributed by atoms with Crippen molar-refractivity contribution in [2.24, 2.45) is 0 Å². The first kappa shape index (κ1) is 16.5. The number of rotatable bonds is 8. The van der Waals surface area contributed by atoms with E-state index >= 15 is 0 Å². The van der Waals surface area contributed by atoms with Crippen LogP contribution in [0.1, 0.15) is 38.2 Å². The smallest absolute Gasteiger partial charge is 0.0431 e. The van der Waals surface area contributed by atoms with Gasteiger partial charge in [-0.15, -0.1) is 0 Å². The van der Waals surface area contributed by atoms with Gasteiger partial charge in [-0.1, -0.05) is 30.3 Å². The van der Waals surface area contributed by atoms with Crippen LogP contribution in [-0.2, 0) is 6.42 Å². The lowest BCUT2D eigenvalue weighted by Gasteiger charge is -2.34. The summed E-state index contributed by atoms with van der Waals surface area (Å²) >= 11 is 0. The summed E-state index contributed by atoms with van der Waals surface area (Å²) in [4.78, 5) is 2.59. The van der Waals surface area contributed by atoms with Crippen molar-refractivity contribution < 1.29 is 5.11 Å². The molecule has 2 rings (SSSR count). The molecule has 3 nitrogen and oxygen atoms in total. The number of hydrogen-bond acceptors (Lipinski definition) is 3. The van der Waals surface area contributed by atoms with Gasteiger partial charge in [-0.3, -0.25) is 0 Å². The first-order chi connectivity index (χ1) is 10.3. The molecule has 0 bridgehead atoms. The molecule has 0 saturated carbocycles. The summed E-state index contributed by atoms with van der Waals surface area (Å²) in [6, 6.07) is 12.0. The molecular weight excluding hydrogens is 260 g/mol. The number of nitrogens with one attached hydrogen (secondary N) is 1. The van der Waals surface area contributed by atoms with E-state index in [1.54, 1.807) is 0 Å². The van der Waals surface area contributed by atoms with E-state index in [0.717, 1.165) is 19.3 Å². The fourth-order valence-corrected chi connectivity index (χ4v) is 3.14. The summed E-state index contributed by atoms with van der Waals surface area (Å²) in [6.07, 6.45) is 5.64. The molecule has 21 heavy (non-hydrogen) atoms. The van der Waals surface area contributed by atoms with Crippen molar-refractivity contribution in [2.75, 3.05) is 26.2 Å². The molecule has 118 valence electrons. The fraction of sp³-hybridized carbons (Fsp3) is 0.667. The molecule has 1 aliphatic heterocycles. The minimum atomic E-state index is 0.309. The summed E-state index contributed by atoms with van der Waals surface area (Å²) in [5.41, 5.74) is 1.44. The fourth-order valence-electron chi connectivity index (χ4n) is 3.14. The van der Waals surface area contributed by atoms with Crippen LogP contribution in [0.25, 0.3) is 0 Å². The molecule has 1 saturated heterocycles. The van der Waals surface area contributed by atoms with Crippen molar-refractivity contribution in [3.8, 4) is 0 Å². The second-order valence-corrected chi connectivity index (χ2v) is 6.29. The van der Waals surface area contributed by atoms with Gasteiger partial charge in [0, 0.05) is 25.2 Å². The first-order valence-electron chi connectivity index (χ1n) is 8.41.